The van der Waals surface area contributed by atoms with Crippen molar-refractivity contribution in [1.82, 2.24) is 5.32 Å². The van der Waals surface area contributed by atoms with Crippen LogP contribution in [-0.2, 0) is 0 Å². The van der Waals surface area contributed by atoms with Crippen LogP contribution >= 0.6 is 0 Å². The predicted octanol–water partition coefficient (Wildman–Crippen LogP) is 0.800. The zero-order valence-electron chi connectivity index (χ0n) is 4.39. The molecule has 0 aromatic rings. The van der Waals surface area contributed by atoms with Crippen molar-refractivity contribution in [2.75, 3.05) is 0 Å². The lowest BCUT2D eigenvalue weighted by Crippen LogP contribution is -2.01. The van der Waals surface area contributed by atoms with Gasteiger partial charge in [-0.05, 0) is 0 Å². The fraction of sp³-hybridized carbons (Fsp3) is 0. The van der Waals surface area contributed by atoms with E-state index >= 15 is 0 Å². The third-order valence-corrected chi connectivity index (χ3v) is 0.720. The maximum atomic E-state index is 3.80. The molecule has 0 amide bonds. The van der Waals surface area contributed by atoms with E-state index in [1.165, 1.54) is 0 Å². The first-order valence-electron chi connectivity index (χ1n) is 2.27. The summed E-state index contributed by atoms with van der Waals surface area (Å²) >= 11 is 0. The van der Waals surface area contributed by atoms with E-state index in [4.69, 9.17) is 0 Å². The highest BCUT2D eigenvalue weighted by Crippen LogP contribution is 1.82. The second-order valence-corrected chi connectivity index (χ2v) is 1.39. The van der Waals surface area contributed by atoms with Gasteiger partial charge in [0.15, 0.2) is 0 Å². The highest BCUT2D eigenvalue weighted by molar-refractivity contribution is 5.77. The Morgan fingerprint density at radius 3 is 3.50 bits per heavy atom. The molecule has 2 heteroatoms. The van der Waals surface area contributed by atoms with Gasteiger partial charge in [0.1, 0.15) is 0 Å². The maximum absolute atomic E-state index is 3.80. The monoisotopic (exact) mass is 106 g/mol. The minimum atomic E-state index is 0.784. The Hall–Kier alpha value is -1.27. The van der Waals surface area contributed by atoms with Gasteiger partial charge in [0, 0.05) is 11.9 Å². The molecule has 1 aliphatic rings. The molecule has 1 N–H and O–H groups in total. The number of nitrogens with one attached hydrogen (secondary N) is 1. The molecule has 0 aliphatic carbocycles. The fourth-order valence-corrected chi connectivity index (χ4v) is 0.379. The van der Waals surface area contributed by atoms with Gasteiger partial charge in [0.05, 0.1) is 12.4 Å². The van der Waals surface area contributed by atoms with Crippen molar-refractivity contribution in [3.8, 4) is 0 Å². The predicted molar refractivity (Wildman–Crippen MR) is 33.4 cm³/mol. The van der Waals surface area contributed by atoms with E-state index in [-0.39, 0.29) is 0 Å². The molecule has 8 heavy (non-hydrogen) atoms. The third-order valence-electron chi connectivity index (χ3n) is 0.720. The first-order valence-corrected chi connectivity index (χ1v) is 2.27. The molecule has 1 rings (SSSR count). The van der Waals surface area contributed by atoms with E-state index in [2.05, 4.69) is 22.6 Å². The van der Waals surface area contributed by atoms with Crippen LogP contribution in [0.1, 0.15) is 0 Å². The molecule has 2 nitrogen and oxygen atoms in total. The first kappa shape index (κ1) is 4.88. The molecule has 0 aromatic carbocycles. The van der Waals surface area contributed by atoms with Crippen LogP contribution in [0.3, 0.4) is 0 Å². The molecule has 0 bridgehead atoms. The molecule has 0 radical (unpaired) electrons. The van der Waals surface area contributed by atoms with Gasteiger partial charge < -0.3 is 5.32 Å². The molecular formula is C6H6N2. The Morgan fingerprint density at radius 2 is 2.62 bits per heavy atom. The summed E-state index contributed by atoms with van der Waals surface area (Å²) in [6.07, 6.45) is 4.87. The number of nitrogens with zero attached hydrogens (tertiary/aromatic N) is 1. The normalized spacial score (nSPS) is 15.8. The lowest BCUT2D eigenvalue weighted by atomic mass is 10.5. The van der Waals surface area contributed by atoms with E-state index in [0.717, 1.165) is 5.70 Å². The molecule has 1 heterocycles. The first-order chi connectivity index (χ1) is 3.89. The summed E-state index contributed by atoms with van der Waals surface area (Å²) in [4.78, 5) is 3.80. The molecule has 40 valence electrons. The number of hydrogen-bond donors (Lipinski definition) is 1. The van der Waals surface area contributed by atoms with E-state index in [0.29, 0.717) is 0 Å². The SMILES string of the molecule is C=C1C=NC=C=CN1. The summed E-state index contributed by atoms with van der Waals surface area (Å²) < 4.78 is 0. The summed E-state index contributed by atoms with van der Waals surface area (Å²) in [6.45, 7) is 3.62. The maximum Gasteiger partial charge on any atom is 0.0702 e. The van der Waals surface area contributed by atoms with Crippen LogP contribution < -0.4 is 5.32 Å². The Labute approximate surface area is 47.9 Å². The lowest BCUT2D eigenvalue weighted by Gasteiger charge is -1.90. The van der Waals surface area contributed by atoms with Gasteiger partial charge in [-0.15, -0.1) is 0 Å². The van der Waals surface area contributed by atoms with Crippen molar-refractivity contribution in [3.63, 3.8) is 0 Å². The van der Waals surface area contributed by atoms with Crippen molar-refractivity contribution in [2.45, 2.75) is 0 Å². The van der Waals surface area contributed by atoms with Crippen LogP contribution in [0.4, 0.5) is 0 Å². The second kappa shape index (κ2) is 2.15. The highest BCUT2D eigenvalue weighted by atomic mass is 14.9. The van der Waals surface area contributed by atoms with Gasteiger partial charge in [0.2, 0.25) is 0 Å². The summed E-state index contributed by atoms with van der Waals surface area (Å²) in [5.41, 5.74) is 3.54. The van der Waals surface area contributed by atoms with Crippen molar-refractivity contribution in [3.05, 3.63) is 30.4 Å². The average molecular weight is 106 g/mol. The second-order valence-electron chi connectivity index (χ2n) is 1.39. The topological polar surface area (TPSA) is 24.4 Å². The Morgan fingerprint density at radius 1 is 1.75 bits per heavy atom. The molecule has 0 unspecified atom stereocenters. The zero-order chi connectivity index (χ0) is 5.82. The van der Waals surface area contributed by atoms with E-state index < -0.39 is 0 Å². The van der Waals surface area contributed by atoms with Crippen molar-refractivity contribution in [2.24, 2.45) is 4.99 Å². The van der Waals surface area contributed by atoms with Crippen LogP contribution in [0.25, 0.3) is 0 Å². The van der Waals surface area contributed by atoms with Crippen LogP contribution in [-0.4, -0.2) is 6.21 Å². The largest absolute Gasteiger partial charge is 0.354 e. The number of hydrogen-bond acceptors (Lipinski definition) is 2. The summed E-state index contributed by atoms with van der Waals surface area (Å²) in [7, 11) is 0. The summed E-state index contributed by atoms with van der Waals surface area (Å²) in [5.74, 6) is 0. The van der Waals surface area contributed by atoms with E-state index in [1.54, 1.807) is 18.6 Å². The number of allylic oxidation sites excluding steroid dienone is 1. The van der Waals surface area contributed by atoms with Crippen LogP contribution in [0.5, 0.6) is 0 Å². The molecule has 1 aliphatic heterocycles. The average Bonchev–Trinajstić information content (AvgIpc) is 1.94. The van der Waals surface area contributed by atoms with E-state index in [1.807, 2.05) is 0 Å². The fourth-order valence-electron chi connectivity index (χ4n) is 0.379. The molecule has 0 saturated carbocycles. The zero-order valence-corrected chi connectivity index (χ0v) is 4.39. The minimum absolute atomic E-state index is 0.784. The molecule has 0 atom stereocenters. The Bertz CT molecular complexity index is 183. The van der Waals surface area contributed by atoms with Gasteiger partial charge in [-0.3, -0.25) is 4.99 Å². The van der Waals surface area contributed by atoms with Crippen LogP contribution in [0, 0.1) is 0 Å². The number of aliphatic imine (C=N–C) groups is 1. The summed E-state index contributed by atoms with van der Waals surface area (Å²) in [5, 5.41) is 2.83. The van der Waals surface area contributed by atoms with E-state index in [9.17, 15) is 0 Å². The molecule has 0 fully saturated rings. The molecule has 0 spiro atoms. The van der Waals surface area contributed by atoms with Crippen LogP contribution in [0.15, 0.2) is 35.4 Å². The van der Waals surface area contributed by atoms with Gasteiger partial charge in [0.25, 0.3) is 0 Å². The Kier molecular flexibility index (Phi) is 1.31. The third kappa shape index (κ3) is 1.10. The van der Waals surface area contributed by atoms with Crippen molar-refractivity contribution < 1.29 is 0 Å². The van der Waals surface area contributed by atoms with Crippen molar-refractivity contribution in [1.29, 1.82) is 0 Å². The molecule has 0 aromatic heterocycles. The van der Waals surface area contributed by atoms with Crippen LogP contribution in [0.2, 0.25) is 0 Å². The molecular weight excluding hydrogens is 100 g/mol. The van der Waals surface area contributed by atoms with Gasteiger partial charge in [-0.25, -0.2) is 0 Å². The van der Waals surface area contributed by atoms with Gasteiger partial charge in [-0.1, -0.05) is 12.3 Å². The van der Waals surface area contributed by atoms with Gasteiger partial charge in [-0.2, -0.15) is 0 Å². The summed E-state index contributed by atoms with van der Waals surface area (Å²) in [6, 6.07) is 0. The number of rotatable bonds is 0. The standard InChI is InChI=1S/C6H6N2/c1-6-5-7-3-2-4-8-6/h3-5,8H,1H2. The van der Waals surface area contributed by atoms with Crippen molar-refractivity contribution >= 4 is 6.21 Å². The lowest BCUT2D eigenvalue weighted by molar-refractivity contribution is 1.16. The smallest absolute Gasteiger partial charge is 0.0702 e. The highest BCUT2D eigenvalue weighted by Gasteiger charge is 1.80. The molecule has 0 saturated heterocycles. The van der Waals surface area contributed by atoms with Gasteiger partial charge >= 0.3 is 0 Å². The minimum Gasteiger partial charge on any atom is -0.354 e. The Balaban J connectivity index is 2.80. The quantitative estimate of drug-likeness (QED) is 0.454.